The van der Waals surface area contributed by atoms with E-state index >= 15 is 0 Å². The van der Waals surface area contributed by atoms with Gasteiger partial charge in [0.2, 0.25) is 0 Å². The zero-order chi connectivity index (χ0) is 31.2. The first-order valence-electron chi connectivity index (χ1n) is 15.8. The normalized spacial score (nSPS) is 11.4. The number of aromatic nitrogens is 4. The fourth-order valence-corrected chi connectivity index (χ4v) is 6.70. The number of nitrogens with zero attached hydrogens (tertiary/aromatic N) is 4. The van der Waals surface area contributed by atoms with Crippen LogP contribution in [0.4, 0.5) is 0 Å². The van der Waals surface area contributed by atoms with Crippen molar-refractivity contribution in [1.82, 2.24) is 19.6 Å². The molecule has 4 nitrogen and oxygen atoms in total. The molecule has 220 valence electrons. The highest BCUT2D eigenvalue weighted by atomic mass is 15.2. The molecule has 6 aromatic carbocycles. The zero-order valence-electron chi connectivity index (χ0n) is 25.5. The molecule has 0 atom stereocenters. The van der Waals surface area contributed by atoms with Crippen LogP contribution in [0.2, 0.25) is 0 Å². The van der Waals surface area contributed by atoms with Crippen LogP contribution in [0.25, 0.3) is 83.3 Å². The van der Waals surface area contributed by atoms with Crippen LogP contribution in [0.1, 0.15) is 0 Å². The molecule has 0 aliphatic heterocycles. The van der Waals surface area contributed by atoms with Gasteiger partial charge in [-0.15, -0.1) is 0 Å². The predicted octanol–water partition coefficient (Wildman–Crippen LogP) is 10.8. The summed E-state index contributed by atoms with van der Waals surface area (Å²) < 4.78 is 2.09. The molecular formula is C43H28N4. The van der Waals surface area contributed by atoms with E-state index in [1.165, 1.54) is 11.1 Å². The molecule has 4 heteroatoms. The summed E-state index contributed by atoms with van der Waals surface area (Å²) in [6.45, 7) is 0. The molecular weight excluding hydrogens is 573 g/mol. The van der Waals surface area contributed by atoms with Gasteiger partial charge < -0.3 is 0 Å². The van der Waals surface area contributed by atoms with E-state index in [-0.39, 0.29) is 0 Å². The Morgan fingerprint density at radius 2 is 0.936 bits per heavy atom. The third-order valence-corrected chi connectivity index (χ3v) is 8.89. The van der Waals surface area contributed by atoms with Crippen molar-refractivity contribution in [3.63, 3.8) is 0 Å². The molecule has 0 amide bonds. The van der Waals surface area contributed by atoms with Gasteiger partial charge in [-0.3, -0.25) is 0 Å². The van der Waals surface area contributed by atoms with E-state index < -0.39 is 0 Å². The number of pyridine rings is 1. The van der Waals surface area contributed by atoms with Gasteiger partial charge in [-0.25, -0.2) is 14.5 Å². The van der Waals surface area contributed by atoms with Crippen molar-refractivity contribution < 1.29 is 0 Å². The number of benzene rings is 6. The minimum atomic E-state index is 0.666. The van der Waals surface area contributed by atoms with Crippen LogP contribution in [0.5, 0.6) is 0 Å². The summed E-state index contributed by atoms with van der Waals surface area (Å²) in [5.41, 5.74) is 11.4. The van der Waals surface area contributed by atoms with E-state index in [1.807, 2.05) is 30.5 Å². The van der Waals surface area contributed by atoms with Crippen molar-refractivity contribution in [3.8, 4) is 56.2 Å². The van der Waals surface area contributed by atoms with E-state index in [0.29, 0.717) is 5.82 Å². The second-order valence-corrected chi connectivity index (χ2v) is 11.7. The van der Waals surface area contributed by atoms with Crippen molar-refractivity contribution in [2.24, 2.45) is 0 Å². The largest absolute Gasteiger partial charge is 0.231 e. The summed E-state index contributed by atoms with van der Waals surface area (Å²) in [6, 6.07) is 56.9. The lowest BCUT2D eigenvalue weighted by atomic mass is 9.95. The van der Waals surface area contributed by atoms with Crippen LogP contribution in [0.3, 0.4) is 0 Å². The molecule has 0 bridgehead atoms. The van der Waals surface area contributed by atoms with Gasteiger partial charge in [-0.05, 0) is 28.1 Å². The van der Waals surface area contributed by atoms with Gasteiger partial charge in [0.1, 0.15) is 0 Å². The van der Waals surface area contributed by atoms with Crippen LogP contribution < -0.4 is 0 Å². The van der Waals surface area contributed by atoms with Crippen LogP contribution in [0.15, 0.2) is 170 Å². The molecule has 0 radical (unpaired) electrons. The van der Waals surface area contributed by atoms with Crippen LogP contribution in [0, 0.1) is 0 Å². The molecule has 9 rings (SSSR count). The first-order chi connectivity index (χ1) is 23.3. The van der Waals surface area contributed by atoms with E-state index in [1.54, 1.807) is 0 Å². The minimum Gasteiger partial charge on any atom is -0.231 e. The summed E-state index contributed by atoms with van der Waals surface area (Å²) in [7, 11) is 0. The molecule has 0 aliphatic rings. The highest BCUT2D eigenvalue weighted by molar-refractivity contribution is 6.12. The van der Waals surface area contributed by atoms with Crippen molar-refractivity contribution in [3.05, 3.63) is 170 Å². The van der Waals surface area contributed by atoms with Gasteiger partial charge in [0.05, 0.1) is 34.2 Å². The summed E-state index contributed by atoms with van der Waals surface area (Å²) in [6.07, 6.45) is 1.98. The van der Waals surface area contributed by atoms with Crippen molar-refractivity contribution >= 4 is 27.2 Å². The Bertz CT molecular complexity index is 2540. The molecule has 3 aromatic heterocycles. The summed E-state index contributed by atoms with van der Waals surface area (Å²) in [5.74, 6) is 0.666. The van der Waals surface area contributed by atoms with Crippen molar-refractivity contribution in [2.45, 2.75) is 0 Å². The number of hydrogen-bond acceptors (Lipinski definition) is 3. The number of fused-ring (bicyclic) bond motifs is 4. The molecule has 0 spiro atoms. The summed E-state index contributed by atoms with van der Waals surface area (Å²) in [4.78, 5) is 10.7. The Morgan fingerprint density at radius 1 is 0.404 bits per heavy atom. The second kappa shape index (κ2) is 11.2. The maximum absolute atomic E-state index is 5.40. The fourth-order valence-electron chi connectivity index (χ4n) is 6.70. The monoisotopic (exact) mass is 600 g/mol. The molecule has 47 heavy (non-hydrogen) atoms. The maximum atomic E-state index is 5.40. The van der Waals surface area contributed by atoms with E-state index in [4.69, 9.17) is 15.1 Å². The third-order valence-electron chi connectivity index (χ3n) is 8.89. The smallest absolute Gasteiger partial charge is 0.163 e. The Morgan fingerprint density at radius 3 is 1.64 bits per heavy atom. The lowest BCUT2D eigenvalue weighted by Gasteiger charge is -2.18. The van der Waals surface area contributed by atoms with Crippen LogP contribution >= 0.6 is 0 Å². The lowest BCUT2D eigenvalue weighted by molar-refractivity contribution is 0.974. The molecule has 0 unspecified atom stereocenters. The topological polar surface area (TPSA) is 43.1 Å². The molecule has 0 aliphatic carbocycles. The second-order valence-electron chi connectivity index (χ2n) is 11.7. The maximum Gasteiger partial charge on any atom is 0.163 e. The third kappa shape index (κ3) is 4.58. The Hall–Kier alpha value is -6.39. The number of hydrogen-bond donors (Lipinski definition) is 0. The van der Waals surface area contributed by atoms with Crippen molar-refractivity contribution in [2.75, 3.05) is 0 Å². The quantitative estimate of drug-likeness (QED) is 0.197. The van der Waals surface area contributed by atoms with E-state index in [9.17, 15) is 0 Å². The summed E-state index contributed by atoms with van der Waals surface area (Å²) >= 11 is 0. The molecule has 0 saturated carbocycles. The minimum absolute atomic E-state index is 0.666. The van der Waals surface area contributed by atoms with Crippen LogP contribution in [-0.4, -0.2) is 19.6 Å². The van der Waals surface area contributed by atoms with Gasteiger partial charge in [-0.2, -0.15) is 5.10 Å². The molecule has 0 fully saturated rings. The molecule has 3 heterocycles. The van der Waals surface area contributed by atoms with Gasteiger partial charge in [0.25, 0.3) is 0 Å². The Labute approximate surface area is 272 Å². The number of rotatable bonds is 5. The standard InChI is InChI=1S/C43H28N4/c1-4-14-29(15-5-1)30-24-26-32(27-25-30)40-36-22-12-13-23-38(36)45-43(46-40)39-34-20-10-11-21-35(34)42-37(31-16-6-2-7-17-31)28-44-47(42)41(39)33-18-8-3-9-19-33/h1-28H. The fraction of sp³-hybridized carbons (Fsp3) is 0. The SMILES string of the molecule is c1ccc(-c2ccc(-c3nc(-c4c(-c5ccccc5)n5ncc(-c6ccccc6)c5c5ccccc45)nc4ccccc34)cc2)cc1. The van der Waals surface area contributed by atoms with E-state index in [0.717, 1.165) is 66.4 Å². The van der Waals surface area contributed by atoms with Crippen molar-refractivity contribution in [1.29, 1.82) is 0 Å². The summed E-state index contributed by atoms with van der Waals surface area (Å²) in [5, 5.41) is 8.25. The number of para-hydroxylation sites is 1. The van der Waals surface area contributed by atoms with Gasteiger partial charge in [-0.1, -0.05) is 158 Å². The molecule has 0 saturated heterocycles. The average Bonchev–Trinajstić information content (AvgIpc) is 3.60. The van der Waals surface area contributed by atoms with Gasteiger partial charge in [0.15, 0.2) is 5.82 Å². The first-order valence-corrected chi connectivity index (χ1v) is 15.8. The van der Waals surface area contributed by atoms with Crippen LogP contribution in [-0.2, 0) is 0 Å². The first kappa shape index (κ1) is 27.0. The predicted molar refractivity (Wildman–Crippen MR) is 193 cm³/mol. The molecule has 9 aromatic rings. The highest BCUT2D eigenvalue weighted by Gasteiger charge is 2.24. The van der Waals surface area contributed by atoms with Gasteiger partial charge >= 0.3 is 0 Å². The zero-order valence-corrected chi connectivity index (χ0v) is 25.5. The van der Waals surface area contributed by atoms with E-state index in [2.05, 4.69) is 144 Å². The Balaban J connectivity index is 1.35. The van der Waals surface area contributed by atoms with Gasteiger partial charge in [0, 0.05) is 27.5 Å². The average molecular weight is 601 g/mol. The Kier molecular flexibility index (Phi) is 6.43. The highest BCUT2D eigenvalue weighted by Crippen LogP contribution is 2.42. The molecule has 0 N–H and O–H groups in total. The lowest BCUT2D eigenvalue weighted by Crippen LogP contribution is -2.03.